The molecule has 0 radical (unpaired) electrons. The lowest BCUT2D eigenvalue weighted by Gasteiger charge is -2.28. The lowest BCUT2D eigenvalue weighted by atomic mass is 10.1. The highest BCUT2D eigenvalue weighted by Crippen LogP contribution is 2.34. The van der Waals surface area contributed by atoms with Gasteiger partial charge in [0, 0.05) is 36.0 Å². The Morgan fingerprint density at radius 2 is 1.81 bits per heavy atom. The lowest BCUT2D eigenvalue weighted by Crippen LogP contribution is -2.33. The summed E-state index contributed by atoms with van der Waals surface area (Å²) >= 11 is 15.5. The Bertz CT molecular complexity index is 1070. The maximum absolute atomic E-state index is 13.3. The van der Waals surface area contributed by atoms with E-state index in [1.807, 2.05) is 7.05 Å². The van der Waals surface area contributed by atoms with Crippen molar-refractivity contribution in [2.75, 3.05) is 7.05 Å². The Kier molecular flexibility index (Phi) is 5.98. The van der Waals surface area contributed by atoms with Crippen LogP contribution < -0.4 is 0 Å². The first-order chi connectivity index (χ1) is 12.7. The fourth-order valence-corrected chi connectivity index (χ4v) is 5.23. The zero-order valence-corrected chi connectivity index (χ0v) is 18.4. The molecule has 3 aromatic rings. The van der Waals surface area contributed by atoms with E-state index in [-0.39, 0.29) is 9.92 Å². The van der Waals surface area contributed by atoms with Crippen molar-refractivity contribution in [1.82, 2.24) is 13.9 Å². The predicted molar refractivity (Wildman–Crippen MR) is 111 cm³/mol. The molecule has 0 aliphatic carbocycles. The van der Waals surface area contributed by atoms with E-state index in [0.29, 0.717) is 15.3 Å². The molecule has 0 N–H and O–H groups in total. The van der Waals surface area contributed by atoms with Crippen LogP contribution in [0.5, 0.6) is 0 Å². The highest BCUT2D eigenvalue weighted by atomic mass is 79.9. The molecule has 3 rings (SSSR count). The topological polar surface area (TPSA) is 55.2 Å². The molecule has 0 spiro atoms. The van der Waals surface area contributed by atoms with Crippen molar-refractivity contribution < 1.29 is 8.42 Å². The molecule has 0 bridgehead atoms. The summed E-state index contributed by atoms with van der Waals surface area (Å²) in [6.07, 6.45) is 3.40. The van der Waals surface area contributed by atoms with Gasteiger partial charge in [-0.05, 0) is 35.9 Å². The number of aryl methyl sites for hydroxylation is 1. The second kappa shape index (κ2) is 7.93. The van der Waals surface area contributed by atoms with Crippen LogP contribution in [-0.4, -0.2) is 29.3 Å². The number of halogens is 3. The van der Waals surface area contributed by atoms with Crippen LogP contribution in [0.2, 0.25) is 10.0 Å². The minimum atomic E-state index is -3.89. The molecule has 9 heteroatoms. The number of nitrogens with zero attached hydrogens (tertiary/aromatic N) is 3. The van der Waals surface area contributed by atoms with Crippen LogP contribution in [0.25, 0.3) is 0 Å². The van der Waals surface area contributed by atoms with Crippen molar-refractivity contribution in [2.24, 2.45) is 7.05 Å². The summed E-state index contributed by atoms with van der Waals surface area (Å²) in [4.78, 5) is 4.39. The van der Waals surface area contributed by atoms with E-state index in [1.54, 1.807) is 53.4 Å². The monoisotopic (exact) mass is 487 g/mol. The van der Waals surface area contributed by atoms with Crippen molar-refractivity contribution in [2.45, 2.75) is 10.9 Å². The van der Waals surface area contributed by atoms with E-state index < -0.39 is 16.1 Å². The standard InChI is InChI=1S/C18H16BrCl2N3O2S/c1-23-10-9-22-18(23)17(12-3-6-14(20)7-4-12)24(2)27(25,26)16-8-5-13(19)11-15(16)21/h3-11,17H,1-2H3/t17-/m1/s1. The van der Waals surface area contributed by atoms with Crippen molar-refractivity contribution >= 4 is 49.2 Å². The lowest BCUT2D eigenvalue weighted by molar-refractivity contribution is 0.398. The largest absolute Gasteiger partial charge is 0.336 e. The van der Waals surface area contributed by atoms with Crippen LogP contribution in [0.4, 0.5) is 0 Å². The summed E-state index contributed by atoms with van der Waals surface area (Å²) in [7, 11) is -0.559. The second-order valence-electron chi connectivity index (χ2n) is 5.95. The van der Waals surface area contributed by atoms with E-state index in [0.717, 1.165) is 5.56 Å². The molecule has 1 aromatic heterocycles. The fraction of sp³-hybridized carbons (Fsp3) is 0.167. The van der Waals surface area contributed by atoms with Gasteiger partial charge in [0.2, 0.25) is 10.0 Å². The smallest absolute Gasteiger partial charge is 0.245 e. The number of sulfonamides is 1. The highest BCUT2D eigenvalue weighted by molar-refractivity contribution is 9.10. The zero-order valence-electron chi connectivity index (χ0n) is 14.5. The Labute approximate surface area is 176 Å². The number of imidazole rings is 1. The molecular weight excluding hydrogens is 473 g/mol. The number of benzene rings is 2. The van der Waals surface area contributed by atoms with E-state index in [9.17, 15) is 8.42 Å². The molecule has 142 valence electrons. The van der Waals surface area contributed by atoms with Gasteiger partial charge >= 0.3 is 0 Å². The quantitative estimate of drug-likeness (QED) is 0.513. The Morgan fingerprint density at radius 3 is 2.37 bits per heavy atom. The third-order valence-electron chi connectivity index (χ3n) is 4.20. The zero-order chi connectivity index (χ0) is 19.8. The summed E-state index contributed by atoms with van der Waals surface area (Å²) in [5.41, 5.74) is 0.744. The molecule has 27 heavy (non-hydrogen) atoms. The molecule has 1 heterocycles. The molecule has 0 fully saturated rings. The van der Waals surface area contributed by atoms with Gasteiger partial charge in [-0.2, -0.15) is 4.31 Å². The summed E-state index contributed by atoms with van der Waals surface area (Å²) in [5, 5.41) is 0.713. The first-order valence-electron chi connectivity index (χ1n) is 7.87. The van der Waals surface area contributed by atoms with E-state index >= 15 is 0 Å². The van der Waals surface area contributed by atoms with E-state index in [4.69, 9.17) is 23.2 Å². The van der Waals surface area contributed by atoms with E-state index in [2.05, 4.69) is 20.9 Å². The molecule has 5 nitrogen and oxygen atoms in total. The SMILES string of the molecule is CN([C@H](c1ccc(Cl)cc1)c1nccn1C)S(=O)(=O)c1ccc(Br)cc1Cl. The Balaban J connectivity index is 2.14. The van der Waals surface area contributed by atoms with Crippen molar-refractivity contribution in [3.8, 4) is 0 Å². The minimum Gasteiger partial charge on any atom is -0.336 e. The summed E-state index contributed by atoms with van der Waals surface area (Å²) in [5.74, 6) is 0.580. The molecule has 0 saturated heterocycles. The van der Waals surface area contributed by atoms with Gasteiger partial charge in [-0.1, -0.05) is 51.3 Å². The number of rotatable bonds is 5. The van der Waals surface area contributed by atoms with Crippen LogP contribution >= 0.6 is 39.1 Å². The second-order valence-corrected chi connectivity index (χ2v) is 9.67. The van der Waals surface area contributed by atoms with Crippen LogP contribution in [0.3, 0.4) is 0 Å². The predicted octanol–water partition coefficient (Wildman–Crippen LogP) is 4.90. The number of hydrogen-bond acceptors (Lipinski definition) is 3. The number of aromatic nitrogens is 2. The van der Waals surface area contributed by atoms with Crippen LogP contribution in [0.1, 0.15) is 17.4 Å². The van der Waals surface area contributed by atoms with Gasteiger partial charge < -0.3 is 4.57 Å². The van der Waals surface area contributed by atoms with Gasteiger partial charge in [-0.3, -0.25) is 0 Å². The third-order valence-corrected chi connectivity index (χ3v) is 7.25. The molecule has 0 aliphatic heterocycles. The molecule has 2 aromatic carbocycles. The molecule has 1 atom stereocenters. The fourth-order valence-electron chi connectivity index (χ4n) is 2.79. The average molecular weight is 489 g/mol. The minimum absolute atomic E-state index is 0.0306. The third kappa shape index (κ3) is 4.07. The van der Waals surface area contributed by atoms with Gasteiger partial charge in [-0.25, -0.2) is 13.4 Å². The normalized spacial score (nSPS) is 13.1. The number of hydrogen-bond donors (Lipinski definition) is 0. The molecular formula is C18H16BrCl2N3O2S. The molecule has 0 amide bonds. The van der Waals surface area contributed by atoms with Crippen LogP contribution in [0, 0.1) is 0 Å². The van der Waals surface area contributed by atoms with E-state index in [1.165, 1.54) is 17.4 Å². The maximum atomic E-state index is 13.3. The molecule has 0 unspecified atom stereocenters. The summed E-state index contributed by atoms with van der Waals surface area (Å²) < 4.78 is 30.4. The average Bonchev–Trinajstić information content (AvgIpc) is 3.02. The van der Waals surface area contributed by atoms with Gasteiger partial charge in [-0.15, -0.1) is 0 Å². The van der Waals surface area contributed by atoms with Crippen molar-refractivity contribution in [1.29, 1.82) is 0 Å². The first-order valence-corrected chi connectivity index (χ1v) is 10.9. The first kappa shape index (κ1) is 20.4. The van der Waals surface area contributed by atoms with Gasteiger partial charge in [0.05, 0.1) is 5.02 Å². The maximum Gasteiger partial charge on any atom is 0.245 e. The molecule has 0 aliphatic rings. The van der Waals surface area contributed by atoms with Crippen LogP contribution in [-0.2, 0) is 17.1 Å². The van der Waals surface area contributed by atoms with Gasteiger partial charge in [0.15, 0.2) is 0 Å². The van der Waals surface area contributed by atoms with Gasteiger partial charge in [0.25, 0.3) is 0 Å². The summed E-state index contributed by atoms with van der Waals surface area (Å²) in [6, 6.07) is 11.1. The van der Waals surface area contributed by atoms with Crippen LogP contribution in [0.15, 0.2) is 64.2 Å². The molecule has 0 saturated carbocycles. The highest BCUT2D eigenvalue weighted by Gasteiger charge is 2.34. The van der Waals surface area contributed by atoms with Gasteiger partial charge in [0.1, 0.15) is 16.8 Å². The van der Waals surface area contributed by atoms with Crippen molar-refractivity contribution in [3.63, 3.8) is 0 Å². The Morgan fingerprint density at radius 1 is 1.15 bits per heavy atom. The van der Waals surface area contributed by atoms with Crippen molar-refractivity contribution in [3.05, 3.63) is 80.8 Å². The Hall–Kier alpha value is -1.38. The summed E-state index contributed by atoms with van der Waals surface area (Å²) in [6.45, 7) is 0.